The van der Waals surface area contributed by atoms with Crippen LogP contribution in [0.4, 0.5) is 0 Å². The molecule has 1 amide bonds. The van der Waals surface area contributed by atoms with E-state index >= 15 is 0 Å². The van der Waals surface area contributed by atoms with E-state index < -0.39 is 12.1 Å². The van der Waals surface area contributed by atoms with Crippen molar-refractivity contribution in [1.29, 1.82) is 0 Å². The van der Waals surface area contributed by atoms with Crippen LogP contribution in [-0.2, 0) is 9.53 Å². The van der Waals surface area contributed by atoms with Crippen molar-refractivity contribution in [3.8, 4) is 11.3 Å². The topological polar surface area (TPSA) is 68.3 Å². The molecule has 0 spiro atoms. The SMILES string of the molecule is Cc1nc(-c2ccccc2)c(C(=O)O[C@@H](C)C(=O)NC2CCCCC2)s1. The number of carbonyl (C=O) groups is 2. The summed E-state index contributed by atoms with van der Waals surface area (Å²) in [6, 6.07) is 9.73. The number of amides is 1. The number of aromatic nitrogens is 1. The lowest BCUT2D eigenvalue weighted by Gasteiger charge is -2.24. The van der Waals surface area contributed by atoms with Gasteiger partial charge in [0.05, 0.1) is 10.7 Å². The first-order valence-corrected chi connectivity index (χ1v) is 9.90. The highest BCUT2D eigenvalue weighted by atomic mass is 32.1. The number of aryl methyl sites for hydroxylation is 1. The van der Waals surface area contributed by atoms with Gasteiger partial charge in [0.2, 0.25) is 0 Å². The monoisotopic (exact) mass is 372 g/mol. The smallest absolute Gasteiger partial charge is 0.351 e. The van der Waals surface area contributed by atoms with Gasteiger partial charge in [0.1, 0.15) is 4.88 Å². The Labute approximate surface area is 157 Å². The first kappa shape index (κ1) is 18.6. The van der Waals surface area contributed by atoms with Crippen molar-refractivity contribution in [1.82, 2.24) is 10.3 Å². The lowest BCUT2D eigenvalue weighted by atomic mass is 9.95. The highest BCUT2D eigenvalue weighted by molar-refractivity contribution is 7.14. The van der Waals surface area contributed by atoms with E-state index in [-0.39, 0.29) is 11.9 Å². The number of hydrogen-bond acceptors (Lipinski definition) is 5. The number of nitrogens with zero attached hydrogens (tertiary/aromatic N) is 1. The zero-order chi connectivity index (χ0) is 18.5. The van der Waals surface area contributed by atoms with E-state index in [1.807, 2.05) is 37.3 Å². The summed E-state index contributed by atoms with van der Waals surface area (Å²) in [5, 5.41) is 3.79. The molecule has 1 fully saturated rings. The van der Waals surface area contributed by atoms with Crippen LogP contribution in [-0.4, -0.2) is 29.0 Å². The lowest BCUT2D eigenvalue weighted by Crippen LogP contribution is -2.42. The predicted octanol–water partition coefficient (Wildman–Crippen LogP) is 4.11. The van der Waals surface area contributed by atoms with Gasteiger partial charge in [0, 0.05) is 11.6 Å². The van der Waals surface area contributed by atoms with Crippen LogP contribution < -0.4 is 5.32 Å². The van der Waals surface area contributed by atoms with Crippen molar-refractivity contribution >= 4 is 23.2 Å². The minimum Gasteiger partial charge on any atom is -0.448 e. The molecular weight excluding hydrogens is 348 g/mol. The van der Waals surface area contributed by atoms with Crippen LogP contribution in [0.3, 0.4) is 0 Å². The summed E-state index contributed by atoms with van der Waals surface area (Å²) < 4.78 is 5.43. The third kappa shape index (κ3) is 4.49. The summed E-state index contributed by atoms with van der Waals surface area (Å²) >= 11 is 1.29. The minimum absolute atomic E-state index is 0.197. The van der Waals surface area contributed by atoms with Gasteiger partial charge in [-0.15, -0.1) is 11.3 Å². The van der Waals surface area contributed by atoms with Gasteiger partial charge >= 0.3 is 5.97 Å². The Hall–Kier alpha value is -2.21. The van der Waals surface area contributed by atoms with Crippen LogP contribution in [0.25, 0.3) is 11.3 Å². The summed E-state index contributed by atoms with van der Waals surface area (Å²) in [5.74, 6) is -0.728. The van der Waals surface area contributed by atoms with E-state index in [9.17, 15) is 9.59 Å². The van der Waals surface area contributed by atoms with Crippen molar-refractivity contribution in [3.05, 3.63) is 40.2 Å². The van der Waals surface area contributed by atoms with Crippen molar-refractivity contribution in [2.75, 3.05) is 0 Å². The number of ether oxygens (including phenoxy) is 1. The molecule has 5 nitrogen and oxygen atoms in total. The van der Waals surface area contributed by atoms with Gasteiger partial charge in [-0.1, -0.05) is 49.6 Å². The normalized spacial score (nSPS) is 16.1. The first-order valence-electron chi connectivity index (χ1n) is 9.09. The van der Waals surface area contributed by atoms with Crippen LogP contribution in [0.1, 0.15) is 53.7 Å². The minimum atomic E-state index is -0.824. The molecule has 0 aliphatic heterocycles. The maximum absolute atomic E-state index is 12.6. The Morgan fingerprint density at radius 1 is 1.19 bits per heavy atom. The molecule has 0 saturated heterocycles. The highest BCUT2D eigenvalue weighted by Gasteiger charge is 2.26. The molecule has 26 heavy (non-hydrogen) atoms. The van der Waals surface area contributed by atoms with Gasteiger partial charge in [0.15, 0.2) is 6.10 Å². The largest absolute Gasteiger partial charge is 0.448 e. The zero-order valence-electron chi connectivity index (χ0n) is 15.2. The molecule has 6 heteroatoms. The van der Waals surface area contributed by atoms with Crippen LogP contribution in [0.2, 0.25) is 0 Å². The highest BCUT2D eigenvalue weighted by Crippen LogP contribution is 2.29. The summed E-state index contributed by atoms with van der Waals surface area (Å²) in [5.41, 5.74) is 1.47. The second-order valence-electron chi connectivity index (χ2n) is 6.67. The van der Waals surface area contributed by atoms with E-state index in [1.165, 1.54) is 17.8 Å². The van der Waals surface area contributed by atoms with Crippen LogP contribution in [0.5, 0.6) is 0 Å². The molecule has 1 aliphatic carbocycles. The Morgan fingerprint density at radius 3 is 2.58 bits per heavy atom. The van der Waals surface area contributed by atoms with E-state index in [4.69, 9.17) is 4.74 Å². The molecule has 1 aromatic heterocycles. The van der Waals surface area contributed by atoms with Gasteiger partial charge < -0.3 is 10.1 Å². The van der Waals surface area contributed by atoms with Gasteiger partial charge in [-0.05, 0) is 26.7 Å². The van der Waals surface area contributed by atoms with Crippen LogP contribution in [0, 0.1) is 6.92 Å². The third-order valence-corrected chi connectivity index (χ3v) is 5.52. The van der Waals surface area contributed by atoms with E-state index in [0.717, 1.165) is 36.3 Å². The molecule has 1 saturated carbocycles. The summed E-state index contributed by atoms with van der Waals surface area (Å²) in [7, 11) is 0. The fourth-order valence-electron chi connectivity index (χ4n) is 3.19. The maximum atomic E-state index is 12.6. The molecule has 1 heterocycles. The Kier molecular flexibility index (Phi) is 6.04. The van der Waals surface area contributed by atoms with Crippen molar-refractivity contribution in [2.45, 2.75) is 58.1 Å². The van der Waals surface area contributed by atoms with E-state index in [1.54, 1.807) is 6.92 Å². The number of esters is 1. The second kappa shape index (κ2) is 8.45. The van der Waals surface area contributed by atoms with Gasteiger partial charge in [-0.3, -0.25) is 4.79 Å². The van der Waals surface area contributed by atoms with Crippen LogP contribution in [0.15, 0.2) is 30.3 Å². The van der Waals surface area contributed by atoms with E-state index in [2.05, 4.69) is 10.3 Å². The van der Waals surface area contributed by atoms with Crippen LogP contribution >= 0.6 is 11.3 Å². The molecule has 0 unspecified atom stereocenters. The molecule has 1 N–H and O–H groups in total. The quantitative estimate of drug-likeness (QED) is 0.802. The molecule has 138 valence electrons. The van der Waals surface area contributed by atoms with E-state index in [0.29, 0.717) is 10.6 Å². The lowest BCUT2D eigenvalue weighted by molar-refractivity contribution is -0.130. The fourth-order valence-corrected chi connectivity index (χ4v) is 4.01. The molecule has 1 atom stereocenters. The van der Waals surface area contributed by atoms with Gasteiger partial charge in [-0.2, -0.15) is 0 Å². The number of benzene rings is 1. The average molecular weight is 372 g/mol. The molecule has 1 aromatic carbocycles. The summed E-state index contributed by atoms with van der Waals surface area (Å²) in [6.07, 6.45) is 4.68. The van der Waals surface area contributed by atoms with Crippen molar-refractivity contribution in [2.24, 2.45) is 0 Å². The summed E-state index contributed by atoms with van der Waals surface area (Å²) in [4.78, 5) is 29.9. The number of rotatable bonds is 5. The third-order valence-electron chi connectivity index (χ3n) is 4.57. The van der Waals surface area contributed by atoms with Crippen molar-refractivity contribution < 1.29 is 14.3 Å². The molecule has 1 aliphatic rings. The molecular formula is C20H24N2O3S. The Balaban J connectivity index is 1.67. The number of thiazole rings is 1. The maximum Gasteiger partial charge on any atom is 0.351 e. The summed E-state index contributed by atoms with van der Waals surface area (Å²) in [6.45, 7) is 3.47. The predicted molar refractivity (Wildman–Crippen MR) is 102 cm³/mol. The number of carbonyl (C=O) groups excluding carboxylic acids is 2. The Bertz CT molecular complexity index is 767. The first-order chi connectivity index (χ1) is 12.5. The molecule has 2 aromatic rings. The van der Waals surface area contributed by atoms with Gasteiger partial charge in [-0.25, -0.2) is 9.78 Å². The van der Waals surface area contributed by atoms with Gasteiger partial charge in [0.25, 0.3) is 5.91 Å². The molecule has 0 bridgehead atoms. The standard InChI is InChI=1S/C20H24N2O3S/c1-13(19(23)22-16-11-7-4-8-12-16)25-20(24)18-17(21-14(2)26-18)15-9-5-3-6-10-15/h3,5-6,9-10,13,16H,4,7-8,11-12H2,1-2H3,(H,22,23)/t13-/m0/s1. The number of hydrogen-bond donors (Lipinski definition) is 1. The molecule has 3 rings (SSSR count). The zero-order valence-corrected chi connectivity index (χ0v) is 16.0. The van der Waals surface area contributed by atoms with Crippen molar-refractivity contribution in [3.63, 3.8) is 0 Å². The molecule has 0 radical (unpaired) electrons. The fraction of sp³-hybridized carbons (Fsp3) is 0.450. The Morgan fingerprint density at radius 2 is 1.88 bits per heavy atom. The number of nitrogens with one attached hydrogen (secondary N) is 1. The second-order valence-corrected chi connectivity index (χ2v) is 7.87. The average Bonchev–Trinajstić information content (AvgIpc) is 3.05.